The van der Waals surface area contributed by atoms with E-state index >= 15 is 0 Å². The Morgan fingerprint density at radius 1 is 0.304 bits per heavy atom. The van der Waals surface area contributed by atoms with Gasteiger partial charge >= 0.3 is 0 Å². The first-order chi connectivity index (χ1) is 34.2. The zero-order chi connectivity index (χ0) is 45.0. The van der Waals surface area contributed by atoms with Crippen LogP contribution in [-0.2, 0) is 10.8 Å². The molecule has 10 aromatic carbocycles. The minimum absolute atomic E-state index is 0.385. The average molecular weight is 874 g/mol. The van der Waals surface area contributed by atoms with Gasteiger partial charge in [-0.25, -0.2) is 0 Å². The summed E-state index contributed by atoms with van der Waals surface area (Å²) in [5, 5.41) is 2.55. The summed E-state index contributed by atoms with van der Waals surface area (Å²) in [5.74, 6) is 0. The second kappa shape index (κ2) is 13.6. The third-order valence-corrected chi connectivity index (χ3v) is 16.7. The molecular formula is C68H43N. The van der Waals surface area contributed by atoms with Crippen LogP contribution in [0.2, 0.25) is 0 Å². The summed E-state index contributed by atoms with van der Waals surface area (Å²) in [4.78, 5) is 0. The molecule has 1 aromatic heterocycles. The minimum Gasteiger partial charge on any atom is -0.313 e. The maximum Gasteiger partial charge on any atom is 0.0725 e. The van der Waals surface area contributed by atoms with Gasteiger partial charge in [-0.15, -0.1) is 0 Å². The highest BCUT2D eigenvalue weighted by atomic mass is 15.0. The smallest absolute Gasteiger partial charge is 0.0725 e. The van der Waals surface area contributed by atoms with E-state index in [1.165, 1.54) is 139 Å². The number of nitrogens with zero attached hydrogens (tertiary/aromatic N) is 1. The zero-order valence-electron chi connectivity index (χ0n) is 37.9. The normalized spacial score (nSPS) is 15.4. The molecule has 16 rings (SSSR count). The molecule has 0 radical (unpaired) electrons. The molecule has 0 amide bonds. The Morgan fingerprint density at radius 2 is 0.623 bits per heavy atom. The Labute approximate surface area is 401 Å². The van der Waals surface area contributed by atoms with Gasteiger partial charge in [0.2, 0.25) is 0 Å². The fourth-order valence-corrected chi connectivity index (χ4v) is 14.0. The number of fused-ring (bicyclic) bond motifs is 23. The van der Waals surface area contributed by atoms with Gasteiger partial charge in [0.15, 0.2) is 0 Å². The molecule has 0 aliphatic heterocycles. The predicted octanol–water partition coefficient (Wildman–Crippen LogP) is 17.0. The van der Waals surface area contributed by atoms with Crippen molar-refractivity contribution in [1.29, 1.82) is 0 Å². The first-order valence-corrected chi connectivity index (χ1v) is 24.6. The third kappa shape index (κ3) is 4.65. The molecule has 1 heterocycles. The lowest BCUT2D eigenvalue weighted by Gasteiger charge is -2.30. The van der Waals surface area contributed by atoms with Crippen LogP contribution in [0.15, 0.2) is 237 Å². The van der Waals surface area contributed by atoms with Crippen LogP contribution in [0.3, 0.4) is 0 Å². The minimum atomic E-state index is -0.385. The lowest BCUT2D eigenvalue weighted by molar-refractivity contribution is 0.794. The van der Waals surface area contributed by atoms with Gasteiger partial charge in [0.05, 0.1) is 21.9 Å². The molecule has 1 heteroatoms. The number of hydrogen-bond donors (Lipinski definition) is 0. The maximum atomic E-state index is 2.53. The molecule has 0 saturated heterocycles. The van der Waals surface area contributed by atoms with Gasteiger partial charge in [-0.1, -0.05) is 194 Å². The van der Waals surface area contributed by atoms with Crippen LogP contribution >= 0.6 is 0 Å². The topological polar surface area (TPSA) is 4.93 Å². The summed E-state index contributed by atoms with van der Waals surface area (Å²) in [5.41, 5.74) is 29.6. The van der Waals surface area contributed by atoms with Crippen molar-refractivity contribution >= 4 is 27.5 Å². The molecule has 0 saturated carbocycles. The van der Waals surface area contributed by atoms with Crippen LogP contribution in [0.1, 0.15) is 57.3 Å². The van der Waals surface area contributed by atoms with Gasteiger partial charge in [0.1, 0.15) is 0 Å². The van der Waals surface area contributed by atoms with Crippen molar-refractivity contribution in [3.63, 3.8) is 0 Å². The van der Waals surface area contributed by atoms with Crippen molar-refractivity contribution in [2.75, 3.05) is 0 Å². The Balaban J connectivity index is 0.900. The number of benzene rings is 10. The molecule has 0 N–H and O–H groups in total. The summed E-state index contributed by atoms with van der Waals surface area (Å²) in [6.45, 7) is 0. The largest absolute Gasteiger partial charge is 0.313 e. The average Bonchev–Trinajstić information content (AvgIpc) is 4.18. The maximum absolute atomic E-state index is 2.53. The second-order valence-corrected chi connectivity index (χ2v) is 19.7. The highest BCUT2D eigenvalue weighted by Crippen LogP contribution is 2.65. The summed E-state index contributed by atoms with van der Waals surface area (Å²) in [6, 6.07) is 83.6. The van der Waals surface area contributed by atoms with Crippen LogP contribution in [0, 0.1) is 0 Å². The van der Waals surface area contributed by atoms with Gasteiger partial charge in [0.25, 0.3) is 0 Å². The first kappa shape index (κ1) is 37.6. The SMILES string of the molecule is C1=CCCC(n2c3ccc(-c4ccc5c(c4)C4(c6ccccc6-c6ccccc64)c4ccccc4-5)cc3c3cc(-c4ccc5c(c4)C4(c6ccccc6-c6ccccc64)c4ccccc4-5)ccc32)=C1. The first-order valence-electron chi connectivity index (χ1n) is 24.6. The molecule has 1 nitrogen and oxygen atoms in total. The van der Waals surface area contributed by atoms with Gasteiger partial charge in [0, 0.05) is 16.5 Å². The van der Waals surface area contributed by atoms with Crippen molar-refractivity contribution in [2.24, 2.45) is 0 Å². The Kier molecular flexibility index (Phi) is 7.38. The fraction of sp³-hybridized carbons (Fsp3) is 0.0588. The van der Waals surface area contributed by atoms with Crippen molar-refractivity contribution < 1.29 is 0 Å². The van der Waals surface area contributed by atoms with Crippen molar-refractivity contribution in [3.05, 3.63) is 281 Å². The third-order valence-electron chi connectivity index (χ3n) is 16.7. The Hall–Kier alpha value is -8.52. The molecule has 11 aromatic rings. The molecule has 0 atom stereocenters. The molecule has 69 heavy (non-hydrogen) atoms. The van der Waals surface area contributed by atoms with Crippen LogP contribution in [-0.4, -0.2) is 4.57 Å². The molecule has 5 aliphatic carbocycles. The van der Waals surface area contributed by atoms with E-state index in [1.807, 2.05) is 0 Å². The van der Waals surface area contributed by atoms with E-state index in [0.717, 1.165) is 12.8 Å². The van der Waals surface area contributed by atoms with E-state index < -0.39 is 0 Å². The number of rotatable bonds is 3. The Morgan fingerprint density at radius 3 is 0.971 bits per heavy atom. The van der Waals surface area contributed by atoms with Crippen LogP contribution in [0.4, 0.5) is 0 Å². The number of allylic oxidation sites excluding steroid dienone is 4. The van der Waals surface area contributed by atoms with E-state index in [4.69, 9.17) is 0 Å². The van der Waals surface area contributed by atoms with Crippen molar-refractivity contribution in [1.82, 2.24) is 4.57 Å². The second-order valence-electron chi connectivity index (χ2n) is 19.7. The van der Waals surface area contributed by atoms with Gasteiger partial charge in [-0.3, -0.25) is 0 Å². The standard InChI is InChI=1S/C68H43N/c1-2-16-46(17-3-1)69-65-36-32-42(44-30-34-53-51-22-8-14-28-61(51)67(63(53)40-44)57-24-10-4-18-47(57)48-19-5-11-25-58(48)67)38-55(65)56-39-43(33-37-66(56)69)45-31-35-54-52-23-9-15-29-62(52)68(64(54)41-45)59-26-12-6-20-49(59)50-21-7-13-27-60(50)68/h1-2,4-16,18-41H,3,17H2. The lowest BCUT2D eigenvalue weighted by Crippen LogP contribution is -2.25. The quantitative estimate of drug-likeness (QED) is 0.167. The van der Waals surface area contributed by atoms with E-state index in [1.54, 1.807) is 0 Å². The monoisotopic (exact) mass is 873 g/mol. The van der Waals surface area contributed by atoms with Crippen LogP contribution in [0.5, 0.6) is 0 Å². The van der Waals surface area contributed by atoms with Crippen LogP contribution < -0.4 is 0 Å². The number of aromatic nitrogens is 1. The molecule has 5 aliphatic rings. The summed E-state index contributed by atoms with van der Waals surface area (Å²) in [6.07, 6.45) is 8.88. The molecule has 0 fully saturated rings. The fourth-order valence-electron chi connectivity index (χ4n) is 14.0. The van der Waals surface area contributed by atoms with E-state index in [0.29, 0.717) is 0 Å². The molecule has 2 spiro atoms. The number of hydrogen-bond acceptors (Lipinski definition) is 0. The molecule has 0 unspecified atom stereocenters. The lowest BCUT2D eigenvalue weighted by atomic mass is 9.70. The van der Waals surface area contributed by atoms with Gasteiger partial charge in [-0.2, -0.15) is 0 Å². The molecular weight excluding hydrogens is 831 g/mol. The van der Waals surface area contributed by atoms with Gasteiger partial charge in [-0.05, 0) is 167 Å². The predicted molar refractivity (Wildman–Crippen MR) is 286 cm³/mol. The van der Waals surface area contributed by atoms with Crippen LogP contribution in [0.25, 0.3) is 94.3 Å². The van der Waals surface area contributed by atoms with Crippen molar-refractivity contribution in [2.45, 2.75) is 23.7 Å². The van der Waals surface area contributed by atoms with E-state index in [-0.39, 0.29) is 10.8 Å². The van der Waals surface area contributed by atoms with E-state index in [9.17, 15) is 0 Å². The summed E-state index contributed by atoms with van der Waals surface area (Å²) < 4.78 is 2.53. The zero-order valence-corrected chi connectivity index (χ0v) is 37.9. The summed E-state index contributed by atoms with van der Waals surface area (Å²) in [7, 11) is 0. The van der Waals surface area contributed by atoms with Gasteiger partial charge < -0.3 is 4.57 Å². The molecule has 320 valence electrons. The van der Waals surface area contributed by atoms with E-state index in [2.05, 4.69) is 241 Å². The summed E-state index contributed by atoms with van der Waals surface area (Å²) >= 11 is 0. The molecule has 0 bridgehead atoms. The Bertz CT molecular complexity index is 3770. The highest BCUT2D eigenvalue weighted by molar-refractivity contribution is 6.13. The highest BCUT2D eigenvalue weighted by Gasteiger charge is 2.53. The van der Waals surface area contributed by atoms with Crippen molar-refractivity contribution in [3.8, 4) is 66.8 Å².